The van der Waals surface area contributed by atoms with E-state index in [1.807, 2.05) is 42.5 Å². The van der Waals surface area contributed by atoms with E-state index in [9.17, 15) is 4.79 Å². The average Bonchev–Trinajstić information content (AvgIpc) is 3.03. The normalized spacial score (nSPS) is 11.0. The van der Waals surface area contributed by atoms with Crippen LogP contribution in [0.5, 0.6) is 5.75 Å². The van der Waals surface area contributed by atoms with Crippen molar-refractivity contribution in [3.05, 3.63) is 65.2 Å². The summed E-state index contributed by atoms with van der Waals surface area (Å²) < 4.78 is 6.34. The minimum absolute atomic E-state index is 0.112. The van der Waals surface area contributed by atoms with E-state index in [-0.39, 0.29) is 5.91 Å². The lowest BCUT2D eigenvalue weighted by Crippen LogP contribution is -2.23. The van der Waals surface area contributed by atoms with Gasteiger partial charge in [-0.25, -0.2) is 4.98 Å². The monoisotopic (exact) mass is 338 g/mol. The van der Waals surface area contributed by atoms with E-state index in [1.54, 1.807) is 24.5 Å². The van der Waals surface area contributed by atoms with Crippen molar-refractivity contribution in [3.63, 3.8) is 0 Å². The number of carbonyl (C=O) groups excluding carboxylic acids is 1. The highest BCUT2D eigenvalue weighted by molar-refractivity contribution is 7.18. The highest BCUT2D eigenvalue weighted by Crippen LogP contribution is 2.21. The van der Waals surface area contributed by atoms with Crippen LogP contribution in [0.2, 0.25) is 0 Å². The van der Waals surface area contributed by atoms with Gasteiger partial charge in [0.1, 0.15) is 5.75 Å². The predicted octanol–water partition coefficient (Wildman–Crippen LogP) is 3.68. The van der Waals surface area contributed by atoms with Gasteiger partial charge in [-0.3, -0.25) is 4.79 Å². The third-order valence-corrected chi connectivity index (χ3v) is 4.59. The van der Waals surface area contributed by atoms with Crippen molar-refractivity contribution in [2.24, 2.45) is 0 Å². The van der Waals surface area contributed by atoms with Crippen LogP contribution in [0.25, 0.3) is 16.3 Å². The molecule has 5 heteroatoms. The molecule has 4 nitrogen and oxygen atoms in total. The Labute approximate surface area is 144 Å². The number of methoxy groups -OCH3 is 1. The maximum atomic E-state index is 11.9. The van der Waals surface area contributed by atoms with Crippen molar-refractivity contribution < 1.29 is 9.53 Å². The molecule has 122 valence electrons. The molecule has 0 aliphatic carbocycles. The number of benzene rings is 2. The molecule has 1 amide bonds. The molecular weight excluding hydrogens is 320 g/mol. The molecule has 0 aliphatic heterocycles. The molecule has 0 atom stereocenters. The Hall–Kier alpha value is -2.66. The molecule has 3 rings (SSSR count). The molecule has 1 heterocycles. The number of thiazole rings is 1. The van der Waals surface area contributed by atoms with Gasteiger partial charge < -0.3 is 10.1 Å². The summed E-state index contributed by atoms with van der Waals surface area (Å²) in [5, 5.41) is 3.92. The Morgan fingerprint density at radius 2 is 2.12 bits per heavy atom. The van der Waals surface area contributed by atoms with Gasteiger partial charge in [0, 0.05) is 19.0 Å². The largest absolute Gasteiger partial charge is 0.497 e. The molecule has 1 aromatic heterocycles. The van der Waals surface area contributed by atoms with Crippen LogP contribution in [0.4, 0.5) is 0 Å². The highest BCUT2D eigenvalue weighted by Gasteiger charge is 2.03. The maximum Gasteiger partial charge on any atom is 0.244 e. The molecular formula is C19H18N2O2S. The van der Waals surface area contributed by atoms with Crippen LogP contribution in [-0.4, -0.2) is 24.5 Å². The Morgan fingerprint density at radius 3 is 2.96 bits per heavy atom. The number of hydrogen-bond acceptors (Lipinski definition) is 4. The summed E-state index contributed by atoms with van der Waals surface area (Å²) in [4.78, 5) is 16.4. The molecule has 3 aromatic rings. The van der Waals surface area contributed by atoms with Gasteiger partial charge in [0.15, 0.2) is 0 Å². The standard InChI is InChI=1S/C19H18N2O2S/c1-23-15-6-4-5-14(13-15)9-10-18(22)20-12-11-19-21-16-7-2-3-8-17(16)24-19/h2-10,13H,11-12H2,1H3,(H,20,22)/b10-9+. The van der Waals surface area contributed by atoms with E-state index in [2.05, 4.69) is 16.4 Å². The number of nitrogens with zero attached hydrogens (tertiary/aromatic N) is 1. The Kier molecular flexibility index (Phi) is 5.23. The lowest BCUT2D eigenvalue weighted by atomic mass is 10.2. The smallest absolute Gasteiger partial charge is 0.244 e. The summed E-state index contributed by atoms with van der Waals surface area (Å²) in [6.07, 6.45) is 4.04. The zero-order valence-corrected chi connectivity index (χ0v) is 14.2. The number of rotatable bonds is 6. The summed E-state index contributed by atoms with van der Waals surface area (Å²) in [7, 11) is 1.62. The van der Waals surface area contributed by atoms with Gasteiger partial charge >= 0.3 is 0 Å². The highest BCUT2D eigenvalue weighted by atomic mass is 32.1. The van der Waals surface area contributed by atoms with Crippen LogP contribution in [0.15, 0.2) is 54.6 Å². The first-order valence-electron chi connectivity index (χ1n) is 7.69. The molecule has 0 aliphatic rings. The molecule has 24 heavy (non-hydrogen) atoms. The van der Waals surface area contributed by atoms with Crippen LogP contribution < -0.4 is 10.1 Å². The number of para-hydroxylation sites is 1. The van der Waals surface area contributed by atoms with Crippen molar-refractivity contribution >= 4 is 33.5 Å². The second kappa shape index (κ2) is 7.75. The van der Waals surface area contributed by atoms with Crippen molar-refractivity contribution in [1.82, 2.24) is 10.3 Å². The lowest BCUT2D eigenvalue weighted by Gasteiger charge is -2.01. The van der Waals surface area contributed by atoms with Gasteiger partial charge in [0.05, 0.1) is 22.3 Å². The average molecular weight is 338 g/mol. The van der Waals surface area contributed by atoms with Crippen LogP contribution in [0.3, 0.4) is 0 Å². The van der Waals surface area contributed by atoms with E-state index < -0.39 is 0 Å². The Bertz CT molecular complexity index is 837. The van der Waals surface area contributed by atoms with E-state index in [0.717, 1.165) is 28.3 Å². The van der Waals surface area contributed by atoms with Crippen molar-refractivity contribution in [2.75, 3.05) is 13.7 Å². The van der Waals surface area contributed by atoms with E-state index >= 15 is 0 Å². The van der Waals surface area contributed by atoms with Crippen LogP contribution in [0.1, 0.15) is 10.6 Å². The molecule has 0 bridgehead atoms. The second-order valence-corrected chi connectivity index (χ2v) is 6.34. The topological polar surface area (TPSA) is 51.2 Å². The summed E-state index contributed by atoms with van der Waals surface area (Å²) in [6, 6.07) is 15.6. The van der Waals surface area contributed by atoms with E-state index in [1.165, 1.54) is 10.8 Å². The predicted molar refractivity (Wildman–Crippen MR) is 98.4 cm³/mol. The van der Waals surface area contributed by atoms with Gasteiger partial charge in [0.2, 0.25) is 5.91 Å². The minimum Gasteiger partial charge on any atom is -0.497 e. The molecule has 0 fully saturated rings. The van der Waals surface area contributed by atoms with Crippen molar-refractivity contribution in [1.29, 1.82) is 0 Å². The van der Waals surface area contributed by atoms with Gasteiger partial charge in [0.25, 0.3) is 0 Å². The fraction of sp³-hybridized carbons (Fsp3) is 0.158. The summed E-state index contributed by atoms with van der Waals surface area (Å²) in [6.45, 7) is 0.571. The van der Waals surface area contributed by atoms with Gasteiger partial charge in [-0.05, 0) is 35.9 Å². The molecule has 0 spiro atoms. The zero-order chi connectivity index (χ0) is 16.8. The molecule has 2 aromatic carbocycles. The molecule has 1 N–H and O–H groups in total. The molecule has 0 unspecified atom stereocenters. The second-order valence-electron chi connectivity index (χ2n) is 5.23. The number of amides is 1. The van der Waals surface area contributed by atoms with E-state index in [4.69, 9.17) is 4.74 Å². The number of aromatic nitrogens is 1. The Morgan fingerprint density at radius 1 is 1.25 bits per heavy atom. The maximum absolute atomic E-state index is 11.9. The fourth-order valence-corrected chi connectivity index (χ4v) is 3.26. The third kappa shape index (κ3) is 4.20. The number of hydrogen-bond donors (Lipinski definition) is 1. The first-order valence-corrected chi connectivity index (χ1v) is 8.50. The molecule has 0 radical (unpaired) electrons. The quantitative estimate of drug-likeness (QED) is 0.698. The van der Waals surface area contributed by atoms with E-state index in [0.29, 0.717) is 6.54 Å². The van der Waals surface area contributed by atoms with Gasteiger partial charge in [-0.15, -0.1) is 11.3 Å². The molecule has 0 saturated carbocycles. The summed E-state index contributed by atoms with van der Waals surface area (Å²) >= 11 is 1.67. The van der Waals surface area contributed by atoms with Gasteiger partial charge in [-0.1, -0.05) is 24.3 Å². The van der Waals surface area contributed by atoms with Crippen LogP contribution in [0, 0.1) is 0 Å². The first kappa shape index (κ1) is 16.2. The van der Waals surface area contributed by atoms with Crippen LogP contribution in [-0.2, 0) is 11.2 Å². The minimum atomic E-state index is -0.112. The zero-order valence-electron chi connectivity index (χ0n) is 13.4. The van der Waals surface area contributed by atoms with Gasteiger partial charge in [-0.2, -0.15) is 0 Å². The third-order valence-electron chi connectivity index (χ3n) is 3.50. The van der Waals surface area contributed by atoms with Crippen molar-refractivity contribution in [2.45, 2.75) is 6.42 Å². The van der Waals surface area contributed by atoms with Crippen molar-refractivity contribution in [3.8, 4) is 5.75 Å². The number of nitrogens with one attached hydrogen (secondary N) is 1. The fourth-order valence-electron chi connectivity index (χ4n) is 2.30. The SMILES string of the molecule is COc1cccc(/C=C/C(=O)NCCc2nc3ccccc3s2)c1. The van der Waals surface area contributed by atoms with Crippen LogP contribution >= 0.6 is 11.3 Å². The number of carbonyl (C=O) groups is 1. The number of ether oxygens (including phenoxy) is 1. The summed E-state index contributed by atoms with van der Waals surface area (Å²) in [5.74, 6) is 0.660. The molecule has 0 saturated heterocycles. The first-order chi connectivity index (χ1) is 11.7. The Balaban J connectivity index is 1.50. The number of fused-ring (bicyclic) bond motifs is 1. The lowest BCUT2D eigenvalue weighted by molar-refractivity contribution is -0.116. The summed E-state index contributed by atoms with van der Waals surface area (Å²) in [5.41, 5.74) is 1.94.